The first-order chi connectivity index (χ1) is 12.2. The molecule has 132 valence electrons. The predicted octanol–water partition coefficient (Wildman–Crippen LogP) is 3.71. The fraction of sp³-hybridized carbons (Fsp3) is 0.381. The molecule has 1 amide bonds. The zero-order chi connectivity index (χ0) is 17.6. The van der Waals surface area contributed by atoms with E-state index in [4.69, 9.17) is 4.74 Å². The maximum absolute atomic E-state index is 12.9. The third kappa shape index (κ3) is 4.60. The molecule has 25 heavy (non-hydrogen) atoms. The fourth-order valence-electron chi connectivity index (χ4n) is 3.09. The highest BCUT2D eigenvalue weighted by molar-refractivity contribution is 5.94. The van der Waals surface area contributed by atoms with Gasteiger partial charge in [-0.15, -0.1) is 0 Å². The van der Waals surface area contributed by atoms with Crippen LogP contribution in [0, 0.1) is 0 Å². The van der Waals surface area contributed by atoms with Crippen molar-refractivity contribution in [2.24, 2.45) is 0 Å². The quantitative estimate of drug-likeness (QED) is 0.735. The molecule has 1 aliphatic rings. The van der Waals surface area contributed by atoms with Gasteiger partial charge in [0.05, 0.1) is 13.7 Å². The summed E-state index contributed by atoms with van der Waals surface area (Å²) in [6.07, 6.45) is 2.36. The first-order valence-corrected chi connectivity index (χ1v) is 8.93. The normalized spacial score (nSPS) is 13.7. The van der Waals surface area contributed by atoms with Crippen LogP contribution in [-0.4, -0.2) is 37.0 Å². The van der Waals surface area contributed by atoms with Gasteiger partial charge in [-0.3, -0.25) is 9.69 Å². The Labute approximate surface area is 150 Å². The van der Waals surface area contributed by atoms with Crippen LogP contribution in [0.1, 0.15) is 25.3 Å². The Hall–Kier alpha value is -2.33. The molecule has 0 spiro atoms. The smallest absolute Gasteiger partial charge is 0.241 e. The number of hydrogen-bond donors (Lipinski definition) is 0. The van der Waals surface area contributed by atoms with E-state index in [1.54, 1.807) is 7.11 Å². The lowest BCUT2D eigenvalue weighted by Gasteiger charge is -2.27. The monoisotopic (exact) mass is 338 g/mol. The number of methoxy groups -OCH3 is 1. The summed E-state index contributed by atoms with van der Waals surface area (Å²) in [5.41, 5.74) is 2.18. The minimum atomic E-state index is 0.161. The number of rotatable bonds is 8. The lowest BCUT2D eigenvalue weighted by atomic mass is 10.2. The van der Waals surface area contributed by atoms with Crippen LogP contribution in [0.25, 0.3) is 0 Å². The van der Waals surface area contributed by atoms with E-state index < -0.39 is 0 Å². The van der Waals surface area contributed by atoms with E-state index in [9.17, 15) is 4.79 Å². The molecule has 0 heterocycles. The van der Waals surface area contributed by atoms with Crippen LogP contribution in [0.3, 0.4) is 0 Å². The van der Waals surface area contributed by atoms with E-state index >= 15 is 0 Å². The number of carbonyl (C=O) groups is 1. The molecular formula is C21H26N2O2. The molecule has 0 radical (unpaired) electrons. The fourth-order valence-corrected chi connectivity index (χ4v) is 3.09. The predicted molar refractivity (Wildman–Crippen MR) is 101 cm³/mol. The third-order valence-corrected chi connectivity index (χ3v) is 4.63. The minimum absolute atomic E-state index is 0.161. The van der Waals surface area contributed by atoms with Crippen LogP contribution < -0.4 is 9.64 Å². The summed E-state index contributed by atoms with van der Waals surface area (Å²) in [7, 11) is 1.67. The lowest BCUT2D eigenvalue weighted by Crippen LogP contribution is -2.41. The average Bonchev–Trinajstić information content (AvgIpc) is 3.48. The first-order valence-electron chi connectivity index (χ1n) is 8.93. The van der Waals surface area contributed by atoms with E-state index in [0.717, 1.165) is 18.0 Å². The van der Waals surface area contributed by atoms with Gasteiger partial charge in [0.1, 0.15) is 5.75 Å². The van der Waals surface area contributed by atoms with Crippen LogP contribution in [0.5, 0.6) is 5.75 Å². The summed E-state index contributed by atoms with van der Waals surface area (Å²) in [4.78, 5) is 17.0. The van der Waals surface area contributed by atoms with Crippen molar-refractivity contribution in [1.82, 2.24) is 4.90 Å². The second-order valence-corrected chi connectivity index (χ2v) is 6.46. The van der Waals surface area contributed by atoms with Gasteiger partial charge in [0.2, 0.25) is 5.91 Å². The Balaban J connectivity index is 1.67. The molecule has 0 aliphatic heterocycles. The van der Waals surface area contributed by atoms with Crippen LogP contribution in [0.2, 0.25) is 0 Å². The number of ether oxygens (including phenoxy) is 1. The topological polar surface area (TPSA) is 32.8 Å². The van der Waals surface area contributed by atoms with Crippen LogP contribution in [0.4, 0.5) is 5.69 Å². The number of benzene rings is 2. The number of likely N-dealkylation sites (N-methyl/N-ethyl adjacent to an activating group) is 1. The molecule has 2 aromatic rings. The Morgan fingerprint density at radius 3 is 2.32 bits per heavy atom. The minimum Gasteiger partial charge on any atom is -0.497 e. The third-order valence-electron chi connectivity index (χ3n) is 4.63. The van der Waals surface area contributed by atoms with Crippen molar-refractivity contribution in [3.8, 4) is 5.75 Å². The Morgan fingerprint density at radius 1 is 1.08 bits per heavy atom. The second-order valence-electron chi connectivity index (χ2n) is 6.46. The highest BCUT2D eigenvalue weighted by Gasteiger charge is 2.31. The molecule has 0 bridgehead atoms. The Kier molecular flexibility index (Phi) is 5.71. The van der Waals surface area contributed by atoms with E-state index in [1.807, 2.05) is 54.3 Å². The summed E-state index contributed by atoms with van der Waals surface area (Å²) >= 11 is 0. The maximum atomic E-state index is 12.9. The molecule has 0 N–H and O–H groups in total. The van der Waals surface area contributed by atoms with Crippen molar-refractivity contribution >= 4 is 11.6 Å². The first kappa shape index (κ1) is 17.5. The highest BCUT2D eigenvalue weighted by atomic mass is 16.5. The Bertz CT molecular complexity index is 681. The highest BCUT2D eigenvalue weighted by Crippen LogP contribution is 2.29. The van der Waals surface area contributed by atoms with Gasteiger partial charge in [-0.2, -0.15) is 0 Å². The summed E-state index contributed by atoms with van der Waals surface area (Å²) < 4.78 is 5.22. The molecule has 1 aliphatic carbocycles. The standard InChI is InChI=1S/C21H26N2O2/c1-3-23(19-7-5-4-6-8-19)21(24)16-22(18-11-12-18)15-17-9-13-20(25-2)14-10-17/h4-10,13-14,18H,3,11-12,15-16H2,1-2H3. The van der Waals surface area contributed by atoms with Crippen molar-refractivity contribution in [2.45, 2.75) is 32.4 Å². The molecule has 4 heteroatoms. The zero-order valence-corrected chi connectivity index (χ0v) is 15.0. The molecule has 0 atom stereocenters. The molecule has 2 aromatic carbocycles. The molecule has 0 saturated heterocycles. The summed E-state index contributed by atoms with van der Waals surface area (Å²) in [5.74, 6) is 1.02. The van der Waals surface area contributed by atoms with E-state index in [0.29, 0.717) is 19.1 Å². The van der Waals surface area contributed by atoms with Gasteiger partial charge in [-0.1, -0.05) is 30.3 Å². The SMILES string of the molecule is CCN(C(=O)CN(Cc1ccc(OC)cc1)C1CC1)c1ccccc1. The summed E-state index contributed by atoms with van der Waals surface area (Å²) in [6.45, 7) is 3.96. The van der Waals surface area contributed by atoms with Gasteiger partial charge >= 0.3 is 0 Å². The van der Waals surface area contributed by atoms with E-state index in [2.05, 4.69) is 17.0 Å². The molecule has 3 rings (SSSR count). The van der Waals surface area contributed by atoms with Crippen LogP contribution >= 0.6 is 0 Å². The number of carbonyl (C=O) groups excluding carboxylic acids is 1. The van der Waals surface area contributed by atoms with Crippen molar-refractivity contribution < 1.29 is 9.53 Å². The van der Waals surface area contributed by atoms with Gasteiger partial charge < -0.3 is 9.64 Å². The van der Waals surface area contributed by atoms with Crippen LogP contribution in [0.15, 0.2) is 54.6 Å². The van der Waals surface area contributed by atoms with Crippen molar-refractivity contribution in [2.75, 3.05) is 25.1 Å². The number of para-hydroxylation sites is 1. The van der Waals surface area contributed by atoms with Gasteiger partial charge in [0.15, 0.2) is 0 Å². The maximum Gasteiger partial charge on any atom is 0.241 e. The molecule has 0 aromatic heterocycles. The molecular weight excluding hydrogens is 312 g/mol. The zero-order valence-electron chi connectivity index (χ0n) is 15.0. The summed E-state index contributed by atoms with van der Waals surface area (Å²) in [6, 6.07) is 18.5. The van der Waals surface area contributed by atoms with Crippen molar-refractivity contribution in [3.63, 3.8) is 0 Å². The average molecular weight is 338 g/mol. The summed E-state index contributed by atoms with van der Waals surface area (Å²) in [5, 5.41) is 0. The number of hydrogen-bond acceptors (Lipinski definition) is 3. The number of anilines is 1. The number of amides is 1. The largest absolute Gasteiger partial charge is 0.497 e. The van der Waals surface area contributed by atoms with Crippen LogP contribution in [-0.2, 0) is 11.3 Å². The molecule has 4 nitrogen and oxygen atoms in total. The van der Waals surface area contributed by atoms with Gasteiger partial charge in [0, 0.05) is 24.8 Å². The van der Waals surface area contributed by atoms with Gasteiger partial charge in [0.25, 0.3) is 0 Å². The van der Waals surface area contributed by atoms with Crippen molar-refractivity contribution in [1.29, 1.82) is 0 Å². The van der Waals surface area contributed by atoms with Gasteiger partial charge in [-0.05, 0) is 49.6 Å². The second kappa shape index (κ2) is 8.17. The van der Waals surface area contributed by atoms with E-state index in [1.165, 1.54) is 18.4 Å². The molecule has 1 saturated carbocycles. The molecule has 0 unspecified atom stereocenters. The Morgan fingerprint density at radius 2 is 1.76 bits per heavy atom. The van der Waals surface area contributed by atoms with Gasteiger partial charge in [-0.25, -0.2) is 0 Å². The lowest BCUT2D eigenvalue weighted by molar-refractivity contribution is -0.120. The van der Waals surface area contributed by atoms with Crippen molar-refractivity contribution in [3.05, 3.63) is 60.2 Å². The molecule has 1 fully saturated rings. The van der Waals surface area contributed by atoms with E-state index in [-0.39, 0.29) is 5.91 Å². The number of nitrogens with zero attached hydrogens (tertiary/aromatic N) is 2.